The van der Waals surface area contributed by atoms with Crippen molar-refractivity contribution in [3.05, 3.63) is 35.9 Å². The van der Waals surface area contributed by atoms with Crippen LogP contribution in [-0.2, 0) is 15.2 Å². The molecule has 0 aliphatic rings. The molecule has 0 amide bonds. The first kappa shape index (κ1) is 44.5. The molecule has 0 fully saturated rings. The zero-order chi connectivity index (χ0) is 35.3. The van der Waals surface area contributed by atoms with Crippen molar-refractivity contribution in [2.75, 3.05) is 0 Å². The highest BCUT2D eigenvalue weighted by atomic mass is 16.3. The number of hydrogen-bond donors (Lipinski definition) is 1. The molecule has 48 heavy (non-hydrogen) atoms. The molecule has 0 heterocycles. The van der Waals surface area contributed by atoms with E-state index in [1.807, 2.05) is 30.3 Å². The summed E-state index contributed by atoms with van der Waals surface area (Å²) in [4.78, 5) is 27.0. The van der Waals surface area contributed by atoms with E-state index in [0.29, 0.717) is 18.4 Å². The highest BCUT2D eigenvalue weighted by molar-refractivity contribution is 6.03. The van der Waals surface area contributed by atoms with Gasteiger partial charge in [-0.1, -0.05) is 212 Å². The minimum Gasteiger partial charge on any atom is -0.384 e. The van der Waals surface area contributed by atoms with E-state index < -0.39 is 11.5 Å². The molecule has 1 aromatic carbocycles. The fraction of sp³-hybridized carbons (Fsp3) is 0.822. The van der Waals surface area contributed by atoms with Gasteiger partial charge in [-0.15, -0.1) is 0 Å². The monoisotopic (exact) mass is 669 g/mol. The summed E-state index contributed by atoms with van der Waals surface area (Å²) in [5.41, 5.74) is -0.819. The van der Waals surface area contributed by atoms with E-state index in [4.69, 9.17) is 0 Å². The van der Waals surface area contributed by atoms with E-state index in [9.17, 15) is 14.7 Å². The van der Waals surface area contributed by atoms with Crippen LogP contribution >= 0.6 is 0 Å². The van der Waals surface area contributed by atoms with Gasteiger partial charge < -0.3 is 5.11 Å². The molecule has 0 bridgehead atoms. The van der Waals surface area contributed by atoms with E-state index in [1.54, 1.807) is 6.92 Å². The van der Waals surface area contributed by atoms with E-state index in [2.05, 4.69) is 27.7 Å². The first-order valence-electron chi connectivity index (χ1n) is 21.0. The fourth-order valence-electron chi connectivity index (χ4n) is 7.28. The summed E-state index contributed by atoms with van der Waals surface area (Å²) in [5.74, 6) is 0.536. The minimum atomic E-state index is -1.47. The number of aliphatic hydroxyl groups is 1. The summed E-state index contributed by atoms with van der Waals surface area (Å²) in [7, 11) is 0. The van der Waals surface area contributed by atoms with Crippen molar-refractivity contribution < 1.29 is 14.7 Å². The molecule has 3 nitrogen and oxygen atoms in total. The third kappa shape index (κ3) is 23.0. The number of ketones is 2. The Kier molecular flexibility index (Phi) is 27.2. The van der Waals surface area contributed by atoms with E-state index in [-0.39, 0.29) is 11.6 Å². The molecule has 0 saturated heterocycles. The molecule has 0 radical (unpaired) electrons. The summed E-state index contributed by atoms with van der Waals surface area (Å²) < 4.78 is 0. The zero-order valence-electron chi connectivity index (χ0n) is 32.7. The van der Waals surface area contributed by atoms with Crippen molar-refractivity contribution in [1.82, 2.24) is 0 Å². The van der Waals surface area contributed by atoms with Gasteiger partial charge in [0.2, 0.25) is 0 Å². The Bertz CT molecular complexity index is 839. The van der Waals surface area contributed by atoms with Crippen LogP contribution in [0.2, 0.25) is 0 Å². The Labute approximate surface area is 299 Å². The predicted molar refractivity (Wildman–Crippen MR) is 208 cm³/mol. The highest BCUT2D eigenvalue weighted by Crippen LogP contribution is 2.33. The Morgan fingerprint density at radius 2 is 0.750 bits per heavy atom. The number of unbranched alkanes of at least 4 members (excludes halogenated alkanes) is 22. The van der Waals surface area contributed by atoms with E-state index >= 15 is 0 Å². The number of hydrogen-bond acceptors (Lipinski definition) is 3. The summed E-state index contributed by atoms with van der Waals surface area (Å²) in [5, 5.41) is 11.6. The molecule has 1 unspecified atom stereocenters. The van der Waals surface area contributed by atoms with Gasteiger partial charge in [-0.3, -0.25) is 9.59 Å². The van der Waals surface area contributed by atoms with Crippen molar-refractivity contribution in [3.8, 4) is 0 Å². The van der Waals surface area contributed by atoms with Crippen LogP contribution in [-0.4, -0.2) is 16.7 Å². The molecule has 0 aromatic heterocycles. The second-order valence-electron chi connectivity index (χ2n) is 16.2. The lowest BCUT2D eigenvalue weighted by molar-refractivity contribution is -0.144. The summed E-state index contributed by atoms with van der Waals surface area (Å²) in [6, 6.07) is 9.33. The van der Waals surface area contributed by atoms with Crippen LogP contribution in [0.1, 0.15) is 220 Å². The molecule has 278 valence electrons. The number of benzene rings is 1. The highest BCUT2D eigenvalue weighted by Gasteiger charge is 2.42. The third-order valence-electron chi connectivity index (χ3n) is 10.5. The largest absolute Gasteiger partial charge is 0.384 e. The van der Waals surface area contributed by atoms with Crippen LogP contribution in [0.25, 0.3) is 0 Å². The molecule has 1 aromatic rings. The standard InChI is InChI=1S/C45H80O3/c1-39(2)33-27-22-18-14-10-6-8-12-16-20-24-31-37-42(46)44(45(5,48)41-35-29-26-30-36-41)43(47)38-32-25-21-17-13-9-7-11-15-19-23-28-34-40(3)4/h26,29-30,35-36,39-40,44,48H,6-25,27-28,31-34,37-38H2,1-5H3. The van der Waals surface area contributed by atoms with Gasteiger partial charge in [0.15, 0.2) is 0 Å². The van der Waals surface area contributed by atoms with Crippen molar-refractivity contribution in [2.45, 2.75) is 220 Å². The average Bonchev–Trinajstić information content (AvgIpc) is 3.05. The first-order chi connectivity index (χ1) is 23.2. The van der Waals surface area contributed by atoms with Gasteiger partial charge in [0, 0.05) is 12.8 Å². The average molecular weight is 669 g/mol. The lowest BCUT2D eigenvalue weighted by Gasteiger charge is -2.31. The molecular weight excluding hydrogens is 588 g/mol. The Morgan fingerprint density at radius 1 is 0.479 bits per heavy atom. The molecule has 1 N–H and O–H groups in total. The molecule has 0 saturated carbocycles. The van der Waals surface area contributed by atoms with Crippen molar-refractivity contribution in [3.63, 3.8) is 0 Å². The zero-order valence-corrected chi connectivity index (χ0v) is 32.7. The molecule has 0 spiro atoms. The molecular formula is C45H80O3. The summed E-state index contributed by atoms with van der Waals surface area (Å²) in [6.07, 6.45) is 33.6. The number of carbonyl (C=O) groups excluding carboxylic acids is 2. The van der Waals surface area contributed by atoms with Gasteiger partial charge >= 0.3 is 0 Å². The molecule has 0 aliphatic carbocycles. The maximum absolute atomic E-state index is 13.5. The molecule has 3 heteroatoms. The van der Waals surface area contributed by atoms with Crippen molar-refractivity contribution in [2.24, 2.45) is 17.8 Å². The lowest BCUT2D eigenvalue weighted by Crippen LogP contribution is -2.42. The van der Waals surface area contributed by atoms with Crippen LogP contribution in [0.5, 0.6) is 0 Å². The molecule has 1 rings (SSSR count). The van der Waals surface area contributed by atoms with Crippen LogP contribution in [0.15, 0.2) is 30.3 Å². The van der Waals surface area contributed by atoms with Crippen LogP contribution in [0.3, 0.4) is 0 Å². The second-order valence-corrected chi connectivity index (χ2v) is 16.2. The summed E-state index contributed by atoms with van der Waals surface area (Å²) in [6.45, 7) is 10.9. The third-order valence-corrected chi connectivity index (χ3v) is 10.5. The maximum Gasteiger partial charge on any atom is 0.146 e. The number of rotatable bonds is 34. The van der Waals surface area contributed by atoms with Gasteiger partial charge in [-0.05, 0) is 37.2 Å². The summed E-state index contributed by atoms with van der Waals surface area (Å²) >= 11 is 0. The van der Waals surface area contributed by atoms with Crippen LogP contribution in [0.4, 0.5) is 0 Å². The van der Waals surface area contributed by atoms with Gasteiger partial charge in [0.1, 0.15) is 23.1 Å². The predicted octanol–water partition coefficient (Wildman–Crippen LogP) is 13.9. The van der Waals surface area contributed by atoms with Gasteiger partial charge in [-0.2, -0.15) is 0 Å². The Hall–Kier alpha value is -1.48. The van der Waals surface area contributed by atoms with E-state index in [1.165, 1.54) is 128 Å². The van der Waals surface area contributed by atoms with Crippen LogP contribution in [0, 0.1) is 17.8 Å². The maximum atomic E-state index is 13.5. The fourth-order valence-corrected chi connectivity index (χ4v) is 7.28. The quantitative estimate of drug-likeness (QED) is 0.0587. The Morgan fingerprint density at radius 3 is 1.04 bits per heavy atom. The SMILES string of the molecule is CC(C)CCCCCCCCCCCCCCC(=O)C(C(=O)CCCCCCCCCCCCCCC(C)C)C(C)(O)c1ccccc1. The molecule has 0 aliphatic heterocycles. The van der Waals surface area contributed by atoms with E-state index in [0.717, 1.165) is 50.4 Å². The number of carbonyl (C=O) groups is 2. The molecule has 1 atom stereocenters. The van der Waals surface area contributed by atoms with Crippen LogP contribution < -0.4 is 0 Å². The smallest absolute Gasteiger partial charge is 0.146 e. The Balaban J connectivity index is 2.29. The number of Topliss-reactive ketones (excluding diaryl/α,β-unsaturated/α-hetero) is 2. The first-order valence-corrected chi connectivity index (χ1v) is 21.0. The minimum absolute atomic E-state index is 0.0813. The second kappa shape index (κ2) is 29.3. The van der Waals surface area contributed by atoms with Gasteiger partial charge in [0.05, 0.1) is 0 Å². The lowest BCUT2D eigenvalue weighted by atomic mass is 9.75. The van der Waals surface area contributed by atoms with Gasteiger partial charge in [0.25, 0.3) is 0 Å². The van der Waals surface area contributed by atoms with Crippen molar-refractivity contribution >= 4 is 11.6 Å². The topological polar surface area (TPSA) is 54.4 Å². The normalized spacial score (nSPS) is 13.1. The van der Waals surface area contributed by atoms with Gasteiger partial charge in [-0.25, -0.2) is 0 Å². The van der Waals surface area contributed by atoms with Crippen molar-refractivity contribution in [1.29, 1.82) is 0 Å².